The van der Waals surface area contributed by atoms with Gasteiger partial charge < -0.3 is 4.74 Å². The van der Waals surface area contributed by atoms with E-state index in [1.54, 1.807) is 42.5 Å². The van der Waals surface area contributed by atoms with Crippen LogP contribution >= 0.6 is 11.3 Å². The Morgan fingerprint density at radius 1 is 1.11 bits per heavy atom. The molecule has 0 saturated heterocycles. The van der Waals surface area contributed by atoms with Gasteiger partial charge in [0, 0.05) is 7.05 Å². The second kappa shape index (κ2) is 8.36. The minimum Gasteiger partial charge on any atom is -0.484 e. The van der Waals surface area contributed by atoms with E-state index in [1.165, 1.54) is 7.05 Å². The third kappa shape index (κ3) is 4.65. The Balaban J connectivity index is 1.63. The molecule has 0 saturated carbocycles. The second-order valence-corrected chi connectivity index (χ2v) is 8.95. The number of rotatable bonds is 7. The lowest BCUT2D eigenvalue weighted by Gasteiger charge is -2.16. The van der Waals surface area contributed by atoms with Crippen molar-refractivity contribution in [3.8, 4) is 5.75 Å². The molecule has 3 aromatic rings. The molecule has 0 bridgehead atoms. The predicted molar refractivity (Wildman–Crippen MR) is 107 cm³/mol. The number of amides is 1. The van der Waals surface area contributed by atoms with Crippen LogP contribution in [0.5, 0.6) is 5.75 Å². The predicted octanol–water partition coefficient (Wildman–Crippen LogP) is 2.69. The lowest BCUT2D eigenvalue weighted by Crippen LogP contribution is -2.26. The fourth-order valence-corrected chi connectivity index (χ4v) is 4.46. The van der Waals surface area contributed by atoms with Crippen molar-refractivity contribution in [2.24, 2.45) is 0 Å². The molecule has 0 radical (unpaired) electrons. The average molecular weight is 419 g/mol. The highest BCUT2D eigenvalue weighted by Crippen LogP contribution is 2.26. The number of para-hydroxylation sites is 1. The Bertz CT molecular complexity index is 1050. The summed E-state index contributed by atoms with van der Waals surface area (Å²) >= 11 is 0.775. The van der Waals surface area contributed by atoms with Crippen molar-refractivity contribution >= 4 is 38.1 Å². The molecule has 2 aromatic carbocycles. The van der Waals surface area contributed by atoms with Gasteiger partial charge in [-0.3, -0.25) is 14.4 Å². The summed E-state index contributed by atoms with van der Waals surface area (Å²) in [7, 11) is -2.44. The van der Waals surface area contributed by atoms with Crippen molar-refractivity contribution < 1.29 is 17.9 Å². The Labute approximate surface area is 166 Å². The maximum absolute atomic E-state index is 12.7. The summed E-state index contributed by atoms with van der Waals surface area (Å²) < 4.78 is 31.6. The summed E-state index contributed by atoms with van der Waals surface area (Å²) in [6, 6.07) is 15.9. The minimum absolute atomic E-state index is 0.0811. The first-order valence-corrected chi connectivity index (χ1v) is 10.5. The van der Waals surface area contributed by atoms with E-state index < -0.39 is 15.9 Å². The summed E-state index contributed by atoms with van der Waals surface area (Å²) in [5.74, 6) is 0.0999. The molecule has 1 heterocycles. The van der Waals surface area contributed by atoms with E-state index in [0.29, 0.717) is 11.4 Å². The van der Waals surface area contributed by atoms with Gasteiger partial charge in [-0.1, -0.05) is 47.2 Å². The monoisotopic (exact) mass is 418 g/mol. The molecule has 1 aromatic heterocycles. The normalized spacial score (nSPS) is 11.1. The SMILES string of the molecule is Cc1ccc(OCC(=O)Nc2nnc(S(=O)(=O)N(C)c3ccccc3)s2)cc1. The second-order valence-electron chi connectivity index (χ2n) is 5.83. The van der Waals surface area contributed by atoms with Crippen LogP contribution in [0.25, 0.3) is 0 Å². The van der Waals surface area contributed by atoms with Crippen molar-refractivity contribution in [3.63, 3.8) is 0 Å². The molecular weight excluding hydrogens is 400 g/mol. The smallest absolute Gasteiger partial charge is 0.293 e. The van der Waals surface area contributed by atoms with E-state index in [-0.39, 0.29) is 16.1 Å². The molecule has 3 rings (SSSR count). The summed E-state index contributed by atoms with van der Waals surface area (Å²) in [6.45, 7) is 1.72. The molecule has 0 fully saturated rings. The Hall–Kier alpha value is -2.98. The molecule has 1 amide bonds. The van der Waals surface area contributed by atoms with E-state index in [2.05, 4.69) is 15.5 Å². The van der Waals surface area contributed by atoms with Gasteiger partial charge in [-0.15, -0.1) is 10.2 Å². The first-order chi connectivity index (χ1) is 13.4. The van der Waals surface area contributed by atoms with Crippen LogP contribution in [-0.2, 0) is 14.8 Å². The number of hydrogen-bond donors (Lipinski definition) is 1. The number of aryl methyl sites for hydroxylation is 1. The van der Waals surface area contributed by atoms with Crippen LogP contribution in [0.4, 0.5) is 10.8 Å². The number of aromatic nitrogens is 2. The summed E-state index contributed by atoms with van der Waals surface area (Å²) in [4.78, 5) is 12.0. The lowest BCUT2D eigenvalue weighted by molar-refractivity contribution is -0.118. The standard InChI is InChI=1S/C18H18N4O4S2/c1-13-8-10-15(11-9-13)26-12-16(23)19-17-20-21-18(27-17)28(24,25)22(2)14-6-4-3-5-7-14/h3-11H,12H2,1-2H3,(H,19,20,23). The van der Waals surface area contributed by atoms with Crippen LogP contribution in [-0.4, -0.2) is 38.2 Å². The Morgan fingerprint density at radius 2 is 1.79 bits per heavy atom. The van der Waals surface area contributed by atoms with Crippen LogP contribution < -0.4 is 14.4 Å². The zero-order chi connectivity index (χ0) is 20.1. The number of benzene rings is 2. The van der Waals surface area contributed by atoms with E-state index >= 15 is 0 Å². The Morgan fingerprint density at radius 3 is 2.46 bits per heavy atom. The molecule has 146 valence electrons. The topological polar surface area (TPSA) is 101 Å². The number of anilines is 2. The molecule has 0 aliphatic heterocycles. The molecule has 8 nitrogen and oxygen atoms in total. The van der Waals surface area contributed by atoms with Crippen LogP contribution in [0.3, 0.4) is 0 Å². The molecule has 0 aliphatic rings. The van der Waals surface area contributed by atoms with E-state index in [0.717, 1.165) is 21.2 Å². The van der Waals surface area contributed by atoms with E-state index in [9.17, 15) is 13.2 Å². The van der Waals surface area contributed by atoms with Crippen molar-refractivity contribution in [1.82, 2.24) is 10.2 Å². The Kier molecular flexibility index (Phi) is 5.90. The molecule has 10 heteroatoms. The summed E-state index contributed by atoms with van der Waals surface area (Å²) in [6.07, 6.45) is 0. The number of sulfonamides is 1. The first-order valence-electron chi connectivity index (χ1n) is 8.23. The minimum atomic E-state index is -3.87. The molecular formula is C18H18N4O4S2. The molecule has 0 atom stereocenters. The maximum atomic E-state index is 12.7. The number of nitrogens with zero attached hydrogens (tertiary/aromatic N) is 3. The summed E-state index contributed by atoms with van der Waals surface area (Å²) in [5, 5.41) is 10.0. The highest BCUT2D eigenvalue weighted by atomic mass is 32.2. The fraction of sp³-hybridized carbons (Fsp3) is 0.167. The fourth-order valence-electron chi connectivity index (χ4n) is 2.20. The van der Waals surface area contributed by atoms with Crippen LogP contribution in [0.1, 0.15) is 5.56 Å². The quantitative estimate of drug-likeness (QED) is 0.592. The van der Waals surface area contributed by atoms with Gasteiger partial charge in [0.25, 0.3) is 20.3 Å². The van der Waals surface area contributed by atoms with Gasteiger partial charge >= 0.3 is 0 Å². The number of carbonyl (C=O) groups excluding carboxylic acids is 1. The third-order valence-corrected chi connectivity index (χ3v) is 6.71. The number of hydrogen-bond acceptors (Lipinski definition) is 7. The van der Waals surface area contributed by atoms with Crippen molar-refractivity contribution in [2.75, 3.05) is 23.3 Å². The maximum Gasteiger partial charge on any atom is 0.293 e. The van der Waals surface area contributed by atoms with Crippen LogP contribution in [0, 0.1) is 6.92 Å². The zero-order valence-corrected chi connectivity index (χ0v) is 16.8. The highest BCUT2D eigenvalue weighted by Gasteiger charge is 2.26. The third-order valence-electron chi connectivity index (χ3n) is 3.74. The highest BCUT2D eigenvalue weighted by molar-refractivity contribution is 7.94. The van der Waals surface area contributed by atoms with Gasteiger partial charge in [0.15, 0.2) is 6.61 Å². The van der Waals surface area contributed by atoms with Crippen molar-refractivity contribution in [3.05, 3.63) is 60.2 Å². The molecule has 0 aliphatic carbocycles. The van der Waals surface area contributed by atoms with Crippen LogP contribution in [0.15, 0.2) is 58.9 Å². The molecule has 0 unspecified atom stereocenters. The van der Waals surface area contributed by atoms with Gasteiger partial charge in [0.2, 0.25) is 5.13 Å². The van der Waals surface area contributed by atoms with E-state index in [4.69, 9.17) is 4.74 Å². The first kappa shape index (κ1) is 19.8. The summed E-state index contributed by atoms with van der Waals surface area (Å²) in [5.41, 5.74) is 1.58. The molecule has 1 N–H and O–H groups in total. The molecule has 28 heavy (non-hydrogen) atoms. The van der Waals surface area contributed by atoms with Crippen LogP contribution in [0.2, 0.25) is 0 Å². The van der Waals surface area contributed by atoms with E-state index in [1.807, 2.05) is 19.1 Å². The van der Waals surface area contributed by atoms with Crippen molar-refractivity contribution in [2.45, 2.75) is 11.3 Å². The molecule has 0 spiro atoms. The van der Waals surface area contributed by atoms with Gasteiger partial charge in [-0.25, -0.2) is 0 Å². The van der Waals surface area contributed by atoms with Gasteiger partial charge in [0.1, 0.15) is 5.75 Å². The average Bonchev–Trinajstić information content (AvgIpc) is 3.17. The van der Waals surface area contributed by atoms with Gasteiger partial charge in [-0.05, 0) is 31.2 Å². The number of ether oxygens (including phenoxy) is 1. The largest absolute Gasteiger partial charge is 0.484 e. The zero-order valence-electron chi connectivity index (χ0n) is 15.2. The number of carbonyl (C=O) groups is 1. The lowest BCUT2D eigenvalue weighted by atomic mass is 10.2. The van der Waals surface area contributed by atoms with Gasteiger partial charge in [0.05, 0.1) is 5.69 Å². The van der Waals surface area contributed by atoms with Gasteiger partial charge in [-0.2, -0.15) is 8.42 Å². The van der Waals surface area contributed by atoms with Crippen molar-refractivity contribution in [1.29, 1.82) is 0 Å². The number of nitrogens with one attached hydrogen (secondary N) is 1.